The van der Waals surface area contributed by atoms with Crippen LogP contribution in [0.5, 0.6) is 0 Å². The molecule has 3 rings (SSSR count). The van der Waals surface area contributed by atoms with E-state index >= 15 is 0 Å². The van der Waals surface area contributed by atoms with E-state index < -0.39 is 29.0 Å². The van der Waals surface area contributed by atoms with Crippen LogP contribution in [0.15, 0.2) is 72.8 Å². The lowest BCUT2D eigenvalue weighted by Gasteiger charge is -2.17. The van der Waals surface area contributed by atoms with Gasteiger partial charge in [-0.2, -0.15) is 13.2 Å². The Hall–Kier alpha value is -3.98. The van der Waals surface area contributed by atoms with E-state index in [2.05, 4.69) is 5.32 Å². The Balaban J connectivity index is 1.64. The highest BCUT2D eigenvalue weighted by molar-refractivity contribution is 6.08. The summed E-state index contributed by atoms with van der Waals surface area (Å²) < 4.78 is 52.1. The maximum absolute atomic E-state index is 13.5. The second-order valence-corrected chi connectivity index (χ2v) is 7.69. The lowest BCUT2D eigenvalue weighted by molar-refractivity contribution is -0.137. The van der Waals surface area contributed by atoms with Gasteiger partial charge < -0.3 is 15.3 Å². The van der Waals surface area contributed by atoms with Gasteiger partial charge in [-0.15, -0.1) is 0 Å². The highest BCUT2D eigenvalue weighted by atomic mass is 19.4. The first-order chi connectivity index (χ1) is 16.6. The van der Waals surface area contributed by atoms with Gasteiger partial charge in [-0.1, -0.05) is 18.2 Å². The number of ketones is 1. The summed E-state index contributed by atoms with van der Waals surface area (Å²) in [7, 11) is 1.86. The number of aliphatic hydroxyl groups is 1. The lowest BCUT2D eigenvalue weighted by atomic mass is 10.1. The number of alkyl halides is 3. The van der Waals surface area contributed by atoms with E-state index in [0.717, 1.165) is 11.3 Å². The van der Waals surface area contributed by atoms with Gasteiger partial charge in [0.2, 0.25) is 0 Å². The normalized spacial score (nSPS) is 11.5. The van der Waals surface area contributed by atoms with Crippen LogP contribution >= 0.6 is 0 Å². The number of allylic oxidation sites excluding steroid dienone is 1. The first kappa shape index (κ1) is 25.6. The number of amides is 1. The molecule has 0 aliphatic rings. The summed E-state index contributed by atoms with van der Waals surface area (Å²) in [6, 6.07) is 14.8. The molecule has 1 amide bonds. The van der Waals surface area contributed by atoms with Gasteiger partial charge in [-0.3, -0.25) is 9.59 Å². The second-order valence-electron chi connectivity index (χ2n) is 7.69. The number of likely N-dealkylation sites (N-methyl/N-ethyl adjacent to an activating group) is 1. The molecule has 0 spiro atoms. The van der Waals surface area contributed by atoms with Gasteiger partial charge >= 0.3 is 6.18 Å². The number of anilines is 2. The van der Waals surface area contributed by atoms with Crippen LogP contribution in [0.3, 0.4) is 0 Å². The highest BCUT2D eigenvalue weighted by Crippen LogP contribution is 2.30. The molecule has 0 unspecified atom stereocenters. The number of rotatable bonds is 8. The number of aliphatic hydroxyl groups excluding tert-OH is 1. The fourth-order valence-corrected chi connectivity index (χ4v) is 3.19. The average molecular weight is 486 g/mol. The minimum absolute atomic E-state index is 0.0406. The minimum atomic E-state index is -4.79. The fourth-order valence-electron chi connectivity index (χ4n) is 3.19. The fraction of sp³-hybridized carbons (Fsp3) is 0.154. The van der Waals surface area contributed by atoms with Crippen molar-refractivity contribution in [3.8, 4) is 0 Å². The molecule has 0 atom stereocenters. The Morgan fingerprint density at radius 2 is 1.63 bits per heavy atom. The number of hydrogen-bond acceptors (Lipinski definition) is 4. The number of carbonyl (C=O) groups excluding carboxylic acids is 2. The van der Waals surface area contributed by atoms with Crippen LogP contribution in [0.4, 0.5) is 28.9 Å². The van der Waals surface area contributed by atoms with E-state index in [1.165, 1.54) is 30.3 Å². The molecule has 3 aromatic carbocycles. The Labute approximate surface area is 199 Å². The summed E-state index contributed by atoms with van der Waals surface area (Å²) >= 11 is 0. The Morgan fingerprint density at radius 1 is 0.971 bits per heavy atom. The number of hydrogen-bond donors (Lipinski definition) is 2. The molecule has 182 valence electrons. The van der Waals surface area contributed by atoms with E-state index in [-0.39, 0.29) is 18.1 Å². The minimum Gasteiger partial charge on any atom is -0.395 e. The van der Waals surface area contributed by atoms with Crippen LogP contribution in [0, 0.1) is 5.82 Å². The van der Waals surface area contributed by atoms with Crippen LogP contribution in [0.25, 0.3) is 6.08 Å². The van der Waals surface area contributed by atoms with Crippen molar-refractivity contribution in [2.24, 2.45) is 0 Å². The van der Waals surface area contributed by atoms with Crippen LogP contribution < -0.4 is 10.2 Å². The highest BCUT2D eigenvalue weighted by Gasteiger charge is 2.32. The Morgan fingerprint density at radius 3 is 2.23 bits per heavy atom. The standard InChI is InChI=1S/C26H22F4N2O3/c1-32(12-13-33)23-9-2-17(3-10-23)4-11-24(34)18-5-7-22(8-6-18)31-25(35)19-14-20(26(28,29)30)16-21(27)15-19/h2-11,14-16,33H,12-13H2,1H3,(H,31,35)/b11-4+. The number of carbonyl (C=O) groups is 2. The average Bonchev–Trinajstić information content (AvgIpc) is 2.82. The molecule has 0 aliphatic heterocycles. The summed E-state index contributed by atoms with van der Waals surface area (Å²) in [5.41, 5.74) is 0.556. The van der Waals surface area contributed by atoms with Crippen molar-refractivity contribution in [3.63, 3.8) is 0 Å². The van der Waals surface area contributed by atoms with E-state index in [4.69, 9.17) is 5.11 Å². The zero-order chi connectivity index (χ0) is 25.6. The first-order valence-electron chi connectivity index (χ1n) is 10.5. The third-order valence-electron chi connectivity index (χ3n) is 5.11. The van der Waals surface area contributed by atoms with Gasteiger partial charge in [0.15, 0.2) is 5.78 Å². The third kappa shape index (κ3) is 7.00. The molecule has 0 fully saturated rings. The van der Waals surface area contributed by atoms with E-state index in [0.29, 0.717) is 30.3 Å². The molecule has 0 saturated carbocycles. The molecule has 0 radical (unpaired) electrons. The van der Waals surface area contributed by atoms with E-state index in [9.17, 15) is 27.2 Å². The summed E-state index contributed by atoms with van der Waals surface area (Å²) in [6.45, 7) is 0.542. The monoisotopic (exact) mass is 486 g/mol. The van der Waals surface area contributed by atoms with Crippen LogP contribution in [-0.2, 0) is 6.18 Å². The zero-order valence-corrected chi connectivity index (χ0v) is 18.6. The summed E-state index contributed by atoms with van der Waals surface area (Å²) in [4.78, 5) is 26.6. The molecule has 2 N–H and O–H groups in total. The predicted octanol–water partition coefficient (Wildman–Crippen LogP) is 5.42. The molecular weight excluding hydrogens is 464 g/mol. The van der Waals surface area contributed by atoms with Crippen molar-refractivity contribution in [3.05, 3.63) is 101 Å². The molecule has 9 heteroatoms. The quantitative estimate of drug-likeness (QED) is 0.253. The van der Waals surface area contributed by atoms with Crippen molar-refractivity contribution in [2.75, 3.05) is 30.4 Å². The molecule has 0 bridgehead atoms. The van der Waals surface area contributed by atoms with Crippen molar-refractivity contribution in [1.29, 1.82) is 0 Å². The van der Waals surface area contributed by atoms with Gasteiger partial charge in [0.1, 0.15) is 5.82 Å². The van der Waals surface area contributed by atoms with Gasteiger partial charge in [-0.25, -0.2) is 4.39 Å². The lowest BCUT2D eigenvalue weighted by Crippen LogP contribution is -2.20. The molecule has 0 saturated heterocycles. The SMILES string of the molecule is CN(CCO)c1ccc(/C=C/C(=O)c2ccc(NC(=O)c3cc(F)cc(C(F)(F)F)c3)cc2)cc1. The van der Waals surface area contributed by atoms with Gasteiger partial charge in [0, 0.05) is 36.1 Å². The molecule has 0 aliphatic carbocycles. The van der Waals surface area contributed by atoms with Crippen molar-refractivity contribution in [2.45, 2.75) is 6.18 Å². The summed E-state index contributed by atoms with van der Waals surface area (Å²) in [5.74, 6) is -2.38. The maximum Gasteiger partial charge on any atom is 0.416 e. The Bertz CT molecular complexity index is 1220. The summed E-state index contributed by atoms with van der Waals surface area (Å²) in [5, 5.41) is 11.4. The molecule has 0 aromatic heterocycles. The summed E-state index contributed by atoms with van der Waals surface area (Å²) in [6.07, 6.45) is -1.74. The molecule has 0 heterocycles. The van der Waals surface area contributed by atoms with Crippen molar-refractivity contribution in [1.82, 2.24) is 0 Å². The number of benzene rings is 3. The van der Waals surface area contributed by atoms with Gasteiger partial charge in [-0.05, 0) is 66.2 Å². The smallest absolute Gasteiger partial charge is 0.395 e. The van der Waals surface area contributed by atoms with Gasteiger partial charge in [0.25, 0.3) is 5.91 Å². The second kappa shape index (κ2) is 11.0. The van der Waals surface area contributed by atoms with Crippen molar-refractivity contribution >= 4 is 29.1 Å². The molecule has 35 heavy (non-hydrogen) atoms. The topological polar surface area (TPSA) is 69.6 Å². The number of nitrogens with one attached hydrogen (secondary N) is 1. The largest absolute Gasteiger partial charge is 0.416 e. The van der Waals surface area contributed by atoms with Crippen molar-refractivity contribution < 1.29 is 32.3 Å². The van der Waals surface area contributed by atoms with E-state index in [1.54, 1.807) is 6.08 Å². The van der Waals surface area contributed by atoms with E-state index in [1.807, 2.05) is 36.2 Å². The third-order valence-corrected chi connectivity index (χ3v) is 5.11. The Kier molecular flexibility index (Phi) is 8.03. The maximum atomic E-state index is 13.5. The predicted molar refractivity (Wildman–Crippen MR) is 126 cm³/mol. The molecule has 5 nitrogen and oxygen atoms in total. The zero-order valence-electron chi connectivity index (χ0n) is 18.6. The van der Waals surface area contributed by atoms with Crippen LogP contribution in [0.2, 0.25) is 0 Å². The van der Waals surface area contributed by atoms with Gasteiger partial charge in [0.05, 0.1) is 12.2 Å². The molecule has 3 aromatic rings. The van der Waals surface area contributed by atoms with Crippen LogP contribution in [-0.4, -0.2) is 37.0 Å². The molecular formula is C26H22F4N2O3. The first-order valence-corrected chi connectivity index (χ1v) is 10.5. The number of nitrogens with zero attached hydrogens (tertiary/aromatic N) is 1. The number of halogens is 4. The van der Waals surface area contributed by atoms with Crippen LogP contribution in [0.1, 0.15) is 31.8 Å².